The van der Waals surface area contributed by atoms with Gasteiger partial charge in [0, 0.05) is 22.4 Å². The third kappa shape index (κ3) is 3.25. The van der Waals surface area contributed by atoms with E-state index in [0.717, 1.165) is 23.6 Å². The van der Waals surface area contributed by atoms with E-state index in [-0.39, 0.29) is 28.0 Å². The standard InChI is InChI=1S/C19H14F6N2O2S/c1-2-30(19(23,24)25)14-6-5-12(9-7-18(21,22)17(28)15(9)14)29-13-4-3-11(20)16-10(13)8-26-27-16/h2-6,8,17,28H,7H2,1H3,(H,26,27)/t17-,30?/m0/s1. The van der Waals surface area contributed by atoms with E-state index in [1.165, 1.54) is 19.2 Å². The molecule has 1 unspecified atom stereocenters. The number of hydrogen-bond donors (Lipinski definition) is 2. The average molecular weight is 448 g/mol. The van der Waals surface area contributed by atoms with Gasteiger partial charge in [-0.2, -0.15) is 18.3 Å². The monoisotopic (exact) mass is 448 g/mol. The number of alkyl halides is 5. The van der Waals surface area contributed by atoms with E-state index in [0.29, 0.717) is 0 Å². The Hall–Kier alpha value is -2.53. The molecule has 1 aromatic heterocycles. The van der Waals surface area contributed by atoms with E-state index in [4.69, 9.17) is 4.74 Å². The highest BCUT2D eigenvalue weighted by molar-refractivity contribution is 8.15. The van der Waals surface area contributed by atoms with E-state index in [2.05, 4.69) is 10.2 Å². The molecule has 0 amide bonds. The largest absolute Gasteiger partial charge is 0.456 e. The van der Waals surface area contributed by atoms with Gasteiger partial charge in [0.25, 0.3) is 5.92 Å². The average Bonchev–Trinajstić information content (AvgIpc) is 3.23. The van der Waals surface area contributed by atoms with Crippen molar-refractivity contribution in [1.29, 1.82) is 0 Å². The Morgan fingerprint density at radius 2 is 1.93 bits per heavy atom. The number of hydrogen-bond acceptors (Lipinski definition) is 3. The molecule has 1 aliphatic carbocycles. The number of halogens is 6. The topological polar surface area (TPSA) is 58.1 Å². The van der Waals surface area contributed by atoms with Crippen molar-refractivity contribution in [2.24, 2.45) is 0 Å². The van der Waals surface area contributed by atoms with Crippen LogP contribution in [0.5, 0.6) is 11.5 Å². The molecule has 0 bridgehead atoms. The number of nitrogens with zero attached hydrogens (tertiary/aromatic N) is 1. The first kappa shape index (κ1) is 20.7. The van der Waals surface area contributed by atoms with Crippen molar-refractivity contribution in [2.75, 3.05) is 0 Å². The van der Waals surface area contributed by atoms with Crippen LogP contribution >= 0.6 is 10.5 Å². The zero-order valence-electron chi connectivity index (χ0n) is 15.2. The fourth-order valence-corrected chi connectivity index (χ4v) is 4.96. The first-order chi connectivity index (χ1) is 14.0. The van der Waals surface area contributed by atoms with E-state index >= 15 is 0 Å². The van der Waals surface area contributed by atoms with Crippen molar-refractivity contribution in [3.8, 4) is 11.5 Å². The molecule has 4 nitrogen and oxygen atoms in total. The van der Waals surface area contributed by atoms with Gasteiger partial charge in [-0.05, 0) is 31.2 Å². The Kier molecular flexibility index (Phi) is 4.85. The molecule has 0 fully saturated rings. The number of aliphatic hydroxyl groups excluding tert-OH is 1. The molecule has 2 N–H and O–H groups in total. The summed E-state index contributed by atoms with van der Waals surface area (Å²) in [6, 6.07) is 4.54. The second-order valence-electron chi connectivity index (χ2n) is 6.62. The molecule has 160 valence electrons. The molecule has 0 spiro atoms. The summed E-state index contributed by atoms with van der Waals surface area (Å²) in [7, 11) is -2.46. The SMILES string of the molecule is C/C=S(\c1ccc(Oc2ccc(F)c3[nH]ncc23)c2c1[C@H](O)C(F)(F)C2)C(F)(F)F. The Balaban J connectivity index is 1.87. The predicted molar refractivity (Wildman–Crippen MR) is 99.8 cm³/mol. The van der Waals surface area contributed by atoms with Gasteiger partial charge in [0.2, 0.25) is 0 Å². The van der Waals surface area contributed by atoms with E-state index in [9.17, 15) is 31.4 Å². The van der Waals surface area contributed by atoms with Crippen LogP contribution in [0.4, 0.5) is 26.3 Å². The van der Waals surface area contributed by atoms with Crippen LogP contribution in [0.25, 0.3) is 10.9 Å². The maximum absolute atomic E-state index is 14.3. The summed E-state index contributed by atoms with van der Waals surface area (Å²) in [5, 5.41) is 17.4. The number of nitrogens with one attached hydrogen (secondary N) is 1. The van der Waals surface area contributed by atoms with Crippen LogP contribution in [0, 0.1) is 5.82 Å². The van der Waals surface area contributed by atoms with Crippen molar-refractivity contribution in [1.82, 2.24) is 10.2 Å². The number of H-pyrrole nitrogens is 1. The molecule has 30 heavy (non-hydrogen) atoms. The molecule has 0 saturated heterocycles. The normalized spacial score (nSPS) is 19.3. The summed E-state index contributed by atoms with van der Waals surface area (Å²) >= 11 is 0. The van der Waals surface area contributed by atoms with E-state index in [1.54, 1.807) is 0 Å². The van der Waals surface area contributed by atoms with Gasteiger partial charge >= 0.3 is 5.51 Å². The third-order valence-electron chi connectivity index (χ3n) is 4.83. The lowest BCUT2D eigenvalue weighted by Gasteiger charge is -2.20. The Bertz CT molecular complexity index is 1170. The van der Waals surface area contributed by atoms with Crippen LogP contribution in [-0.4, -0.2) is 32.1 Å². The van der Waals surface area contributed by atoms with Gasteiger partial charge in [0.15, 0.2) is 0 Å². The molecule has 1 aliphatic rings. The van der Waals surface area contributed by atoms with Gasteiger partial charge in [-0.25, -0.2) is 13.2 Å². The van der Waals surface area contributed by atoms with Crippen LogP contribution in [0.1, 0.15) is 24.2 Å². The summed E-state index contributed by atoms with van der Waals surface area (Å²) in [6.45, 7) is 1.18. The minimum atomic E-state index is -4.69. The summed E-state index contributed by atoms with van der Waals surface area (Å²) in [4.78, 5) is -0.426. The van der Waals surface area contributed by atoms with Gasteiger partial charge in [-0.1, -0.05) is 15.9 Å². The first-order valence-electron chi connectivity index (χ1n) is 8.65. The predicted octanol–water partition coefficient (Wildman–Crippen LogP) is 5.69. The van der Waals surface area contributed by atoms with Crippen LogP contribution in [0.3, 0.4) is 0 Å². The first-order valence-corrected chi connectivity index (χ1v) is 9.94. The highest BCUT2D eigenvalue weighted by Gasteiger charge is 2.51. The second-order valence-corrected chi connectivity index (χ2v) is 8.67. The smallest absolute Gasteiger partial charge is 0.440 e. The van der Waals surface area contributed by atoms with Crippen LogP contribution in [0.2, 0.25) is 0 Å². The van der Waals surface area contributed by atoms with Gasteiger partial charge < -0.3 is 9.84 Å². The van der Waals surface area contributed by atoms with Gasteiger partial charge in [-0.3, -0.25) is 5.10 Å². The highest BCUT2D eigenvalue weighted by atomic mass is 32.2. The zero-order valence-corrected chi connectivity index (χ0v) is 16.0. The lowest BCUT2D eigenvalue weighted by Crippen LogP contribution is -2.22. The number of benzene rings is 2. The number of fused-ring (bicyclic) bond motifs is 2. The molecular formula is C19H14F6N2O2S. The maximum atomic E-state index is 14.3. The van der Waals surface area contributed by atoms with Gasteiger partial charge in [0.1, 0.15) is 28.9 Å². The van der Waals surface area contributed by atoms with Crippen molar-refractivity contribution in [3.05, 3.63) is 47.4 Å². The highest BCUT2D eigenvalue weighted by Crippen LogP contribution is 2.55. The third-order valence-corrected chi connectivity index (χ3v) is 6.63. The van der Waals surface area contributed by atoms with Crippen molar-refractivity contribution < 1.29 is 36.2 Å². The number of rotatable bonds is 3. The van der Waals surface area contributed by atoms with Crippen LogP contribution in [0.15, 0.2) is 35.4 Å². The van der Waals surface area contributed by atoms with Gasteiger partial charge in [0.05, 0.1) is 11.6 Å². The summed E-state index contributed by atoms with van der Waals surface area (Å²) in [5.74, 6) is -4.32. The molecule has 4 rings (SSSR count). The minimum Gasteiger partial charge on any atom is -0.456 e. The number of aromatic amines is 1. The molecule has 2 aromatic carbocycles. The molecule has 11 heteroatoms. The summed E-state index contributed by atoms with van der Waals surface area (Å²) < 4.78 is 88.5. The zero-order chi connectivity index (χ0) is 21.8. The summed E-state index contributed by atoms with van der Waals surface area (Å²) in [6.07, 6.45) is -2.11. The molecule has 2 atom stereocenters. The molecule has 0 saturated carbocycles. The Morgan fingerprint density at radius 3 is 2.60 bits per heavy atom. The second kappa shape index (κ2) is 7.02. The van der Waals surface area contributed by atoms with E-state index in [1.807, 2.05) is 0 Å². The lowest BCUT2D eigenvalue weighted by atomic mass is 10.1. The maximum Gasteiger partial charge on any atom is 0.440 e. The Morgan fingerprint density at radius 1 is 1.23 bits per heavy atom. The number of aliphatic hydroxyl groups is 1. The quantitative estimate of drug-likeness (QED) is 0.400. The fourth-order valence-electron chi connectivity index (χ4n) is 3.51. The molecule has 3 aromatic rings. The van der Waals surface area contributed by atoms with Crippen molar-refractivity contribution in [3.63, 3.8) is 0 Å². The van der Waals surface area contributed by atoms with Crippen molar-refractivity contribution in [2.45, 2.75) is 35.8 Å². The molecule has 1 heterocycles. The van der Waals surface area contributed by atoms with Crippen molar-refractivity contribution >= 4 is 26.8 Å². The number of aromatic nitrogens is 2. The molecular weight excluding hydrogens is 434 g/mol. The van der Waals surface area contributed by atoms with Crippen LogP contribution < -0.4 is 4.74 Å². The molecule has 0 radical (unpaired) electrons. The van der Waals surface area contributed by atoms with Crippen LogP contribution in [-0.2, 0) is 6.42 Å². The fraction of sp³-hybridized carbons (Fsp3) is 0.263. The van der Waals surface area contributed by atoms with Gasteiger partial charge in [-0.15, -0.1) is 0 Å². The number of ether oxygens (including phenoxy) is 1. The Labute approximate surface area is 168 Å². The minimum absolute atomic E-state index is 0.0327. The lowest BCUT2D eigenvalue weighted by molar-refractivity contribution is -0.0977. The van der Waals surface area contributed by atoms with E-state index < -0.39 is 50.7 Å². The molecule has 0 aliphatic heterocycles. The summed E-state index contributed by atoms with van der Waals surface area (Å²) in [5.41, 5.74) is -5.36.